The van der Waals surface area contributed by atoms with Crippen molar-refractivity contribution in [3.05, 3.63) is 23.8 Å². The number of ether oxygens (including phenoxy) is 1. The van der Waals surface area contributed by atoms with Crippen LogP contribution in [0, 0.1) is 12.8 Å². The molecule has 1 atom stereocenters. The summed E-state index contributed by atoms with van der Waals surface area (Å²) in [5, 5.41) is 2.88. The smallest absolute Gasteiger partial charge is 0.271 e. The molecule has 1 aliphatic heterocycles. The maximum absolute atomic E-state index is 11.9. The Morgan fingerprint density at radius 2 is 2.27 bits per heavy atom. The highest BCUT2D eigenvalue weighted by Gasteiger charge is 2.20. The van der Waals surface area contributed by atoms with Crippen LogP contribution in [0.4, 0.5) is 0 Å². The minimum atomic E-state index is -0.178. The van der Waals surface area contributed by atoms with Crippen molar-refractivity contribution in [3.63, 3.8) is 0 Å². The molecule has 122 valence electrons. The fraction of sp³-hybridized carbons (Fsp3) is 0.688. The van der Waals surface area contributed by atoms with Gasteiger partial charge in [0, 0.05) is 32.4 Å². The van der Waals surface area contributed by atoms with E-state index in [-0.39, 0.29) is 12.0 Å². The Morgan fingerprint density at radius 1 is 1.45 bits per heavy atom. The van der Waals surface area contributed by atoms with Gasteiger partial charge in [-0.1, -0.05) is 13.8 Å². The molecule has 1 amide bonds. The van der Waals surface area contributed by atoms with Gasteiger partial charge in [0.2, 0.25) is 0 Å². The number of carbonyl (C=O) groups is 1. The predicted molar refractivity (Wildman–Crippen MR) is 84.7 cm³/mol. The van der Waals surface area contributed by atoms with Gasteiger partial charge < -0.3 is 10.1 Å². The lowest BCUT2D eigenvalue weighted by Gasteiger charge is -2.33. The van der Waals surface area contributed by atoms with Crippen molar-refractivity contribution in [2.75, 3.05) is 32.8 Å². The van der Waals surface area contributed by atoms with Gasteiger partial charge in [-0.3, -0.25) is 14.7 Å². The second-order valence-electron chi connectivity index (χ2n) is 6.23. The summed E-state index contributed by atoms with van der Waals surface area (Å²) in [5.74, 6) is 0.487. The summed E-state index contributed by atoms with van der Waals surface area (Å²) in [5.41, 5.74) is 1.16. The molecule has 0 saturated carbocycles. The molecule has 6 heteroatoms. The number of amides is 1. The first-order chi connectivity index (χ1) is 10.5. The minimum absolute atomic E-state index is 0.178. The van der Waals surface area contributed by atoms with E-state index in [2.05, 4.69) is 34.0 Å². The molecule has 1 fully saturated rings. The number of aromatic nitrogens is 2. The monoisotopic (exact) mass is 306 g/mol. The van der Waals surface area contributed by atoms with E-state index in [0.717, 1.165) is 38.4 Å². The number of morpholine rings is 1. The van der Waals surface area contributed by atoms with E-state index in [1.807, 2.05) is 6.92 Å². The lowest BCUT2D eigenvalue weighted by atomic mass is 10.1. The van der Waals surface area contributed by atoms with Crippen LogP contribution in [0.1, 0.15) is 36.5 Å². The molecule has 2 heterocycles. The van der Waals surface area contributed by atoms with Crippen molar-refractivity contribution >= 4 is 5.91 Å². The van der Waals surface area contributed by atoms with Gasteiger partial charge in [-0.15, -0.1) is 0 Å². The number of hydrogen-bond acceptors (Lipinski definition) is 5. The van der Waals surface area contributed by atoms with Gasteiger partial charge in [0.05, 0.1) is 24.6 Å². The molecule has 1 aromatic rings. The molecule has 6 nitrogen and oxygen atoms in total. The molecule has 0 spiro atoms. The topological polar surface area (TPSA) is 67.4 Å². The lowest BCUT2D eigenvalue weighted by molar-refractivity contribution is -0.0344. The molecule has 22 heavy (non-hydrogen) atoms. The number of nitrogens with zero attached hydrogens (tertiary/aromatic N) is 3. The molecule has 1 saturated heterocycles. The van der Waals surface area contributed by atoms with Crippen LogP contribution in [0.15, 0.2) is 12.4 Å². The summed E-state index contributed by atoms with van der Waals surface area (Å²) in [6.07, 6.45) is 4.12. The Balaban J connectivity index is 1.71. The van der Waals surface area contributed by atoms with Gasteiger partial charge in [-0.2, -0.15) is 0 Å². The maximum Gasteiger partial charge on any atom is 0.271 e. The van der Waals surface area contributed by atoms with Gasteiger partial charge in [0.25, 0.3) is 5.91 Å². The normalized spacial score (nSPS) is 19.4. The van der Waals surface area contributed by atoms with Gasteiger partial charge in [-0.05, 0) is 19.3 Å². The molecule has 0 bridgehead atoms. The first-order valence-corrected chi connectivity index (χ1v) is 7.95. The minimum Gasteiger partial charge on any atom is -0.375 e. The van der Waals surface area contributed by atoms with Crippen molar-refractivity contribution in [3.8, 4) is 0 Å². The van der Waals surface area contributed by atoms with Gasteiger partial charge >= 0.3 is 0 Å². The van der Waals surface area contributed by atoms with Crippen LogP contribution in [0.5, 0.6) is 0 Å². The summed E-state index contributed by atoms with van der Waals surface area (Å²) in [6, 6.07) is 0. The van der Waals surface area contributed by atoms with Gasteiger partial charge in [0.1, 0.15) is 5.69 Å². The molecular formula is C16H26N4O2. The van der Waals surface area contributed by atoms with Crippen molar-refractivity contribution in [2.45, 2.75) is 33.3 Å². The zero-order valence-electron chi connectivity index (χ0n) is 13.7. The fourth-order valence-corrected chi connectivity index (χ4v) is 2.58. The Labute approximate surface area is 132 Å². The first-order valence-electron chi connectivity index (χ1n) is 7.95. The molecule has 2 rings (SSSR count). The molecule has 1 aromatic heterocycles. The molecule has 1 N–H and O–H groups in total. The number of carbonyl (C=O) groups excluding carboxylic acids is 1. The molecule has 1 unspecified atom stereocenters. The number of aryl methyl sites for hydroxylation is 1. The third-order valence-electron chi connectivity index (χ3n) is 3.61. The van der Waals surface area contributed by atoms with Crippen LogP contribution < -0.4 is 5.32 Å². The second kappa shape index (κ2) is 8.19. The number of nitrogens with one attached hydrogen (secondary N) is 1. The standard InChI is InChI=1S/C16H26N4O2/c1-12(2)10-20-6-7-22-14(11-20)4-5-17-16(21)15-9-18-13(3)8-19-15/h8-9,12,14H,4-7,10-11H2,1-3H3,(H,17,21). The first kappa shape index (κ1) is 16.8. The van der Waals surface area contributed by atoms with Crippen molar-refractivity contribution in [2.24, 2.45) is 5.92 Å². The molecule has 0 radical (unpaired) electrons. The zero-order valence-corrected chi connectivity index (χ0v) is 13.7. The van der Waals surface area contributed by atoms with Crippen LogP contribution in [-0.2, 0) is 4.74 Å². The highest BCUT2D eigenvalue weighted by molar-refractivity contribution is 5.91. The highest BCUT2D eigenvalue weighted by Crippen LogP contribution is 2.10. The fourth-order valence-electron chi connectivity index (χ4n) is 2.58. The van der Waals surface area contributed by atoms with E-state index >= 15 is 0 Å². The van der Waals surface area contributed by atoms with Crippen LogP contribution in [0.3, 0.4) is 0 Å². The zero-order chi connectivity index (χ0) is 15.9. The Kier molecular flexibility index (Phi) is 6.27. The van der Waals surface area contributed by atoms with Crippen LogP contribution in [0.2, 0.25) is 0 Å². The maximum atomic E-state index is 11.9. The van der Waals surface area contributed by atoms with Crippen molar-refractivity contribution in [1.29, 1.82) is 0 Å². The third-order valence-corrected chi connectivity index (χ3v) is 3.61. The number of rotatable bonds is 6. The van der Waals surface area contributed by atoms with E-state index < -0.39 is 0 Å². The van der Waals surface area contributed by atoms with Crippen molar-refractivity contribution in [1.82, 2.24) is 20.2 Å². The van der Waals surface area contributed by atoms with E-state index in [4.69, 9.17) is 4.74 Å². The predicted octanol–water partition coefficient (Wildman–Crippen LogP) is 1.26. The van der Waals surface area contributed by atoms with Gasteiger partial charge in [0.15, 0.2) is 0 Å². The average molecular weight is 306 g/mol. The summed E-state index contributed by atoms with van der Waals surface area (Å²) >= 11 is 0. The van der Waals surface area contributed by atoms with E-state index in [0.29, 0.717) is 18.2 Å². The lowest BCUT2D eigenvalue weighted by Crippen LogP contribution is -2.45. The SMILES string of the molecule is Cc1cnc(C(=O)NCCC2CN(CC(C)C)CCO2)cn1. The number of hydrogen-bond donors (Lipinski definition) is 1. The second-order valence-corrected chi connectivity index (χ2v) is 6.23. The quantitative estimate of drug-likeness (QED) is 0.857. The molecule has 1 aliphatic rings. The Bertz CT molecular complexity index is 476. The molecule has 0 aromatic carbocycles. The summed E-state index contributed by atoms with van der Waals surface area (Å²) in [7, 11) is 0. The Morgan fingerprint density at radius 3 is 2.95 bits per heavy atom. The van der Waals surface area contributed by atoms with Crippen LogP contribution in [0.25, 0.3) is 0 Å². The van der Waals surface area contributed by atoms with Gasteiger partial charge in [-0.25, -0.2) is 4.98 Å². The van der Waals surface area contributed by atoms with Crippen LogP contribution in [-0.4, -0.2) is 59.7 Å². The van der Waals surface area contributed by atoms with Crippen molar-refractivity contribution < 1.29 is 9.53 Å². The summed E-state index contributed by atoms with van der Waals surface area (Å²) < 4.78 is 5.77. The van der Waals surface area contributed by atoms with E-state index in [1.54, 1.807) is 6.20 Å². The van der Waals surface area contributed by atoms with E-state index in [1.165, 1.54) is 6.20 Å². The van der Waals surface area contributed by atoms with E-state index in [9.17, 15) is 4.79 Å². The molecule has 0 aliphatic carbocycles. The largest absolute Gasteiger partial charge is 0.375 e. The van der Waals surface area contributed by atoms with Crippen LogP contribution >= 0.6 is 0 Å². The highest BCUT2D eigenvalue weighted by atomic mass is 16.5. The Hall–Kier alpha value is -1.53. The summed E-state index contributed by atoms with van der Waals surface area (Å²) in [6.45, 7) is 10.7. The molecular weight excluding hydrogens is 280 g/mol. The third kappa shape index (κ3) is 5.35. The average Bonchev–Trinajstić information content (AvgIpc) is 2.47. The summed E-state index contributed by atoms with van der Waals surface area (Å²) in [4.78, 5) is 22.5.